The molecule has 96 valence electrons. The van der Waals surface area contributed by atoms with Gasteiger partial charge in [-0.25, -0.2) is 9.67 Å². The maximum atomic E-state index is 9.50. The molecule has 2 aromatic rings. The predicted octanol–water partition coefficient (Wildman–Crippen LogP) is 1.93. The van der Waals surface area contributed by atoms with Gasteiger partial charge < -0.3 is 9.84 Å². The Balaban J connectivity index is 2.04. The summed E-state index contributed by atoms with van der Waals surface area (Å²) in [4.78, 5) is 4.14. The molecular formula is C13H17N3O2. The van der Waals surface area contributed by atoms with Crippen molar-refractivity contribution in [2.24, 2.45) is 0 Å². The van der Waals surface area contributed by atoms with Crippen LogP contribution in [0, 0.1) is 0 Å². The van der Waals surface area contributed by atoms with E-state index in [4.69, 9.17) is 4.74 Å². The van der Waals surface area contributed by atoms with Crippen LogP contribution in [0.4, 0.5) is 0 Å². The van der Waals surface area contributed by atoms with Crippen LogP contribution in [0.25, 0.3) is 0 Å². The summed E-state index contributed by atoms with van der Waals surface area (Å²) in [5.74, 6) is 1.51. The molecule has 0 aliphatic carbocycles. The third-order valence-corrected chi connectivity index (χ3v) is 2.70. The average Bonchev–Trinajstić information content (AvgIpc) is 2.84. The van der Waals surface area contributed by atoms with Crippen LogP contribution >= 0.6 is 0 Å². The molecule has 1 atom stereocenters. The van der Waals surface area contributed by atoms with Crippen LogP contribution in [0.1, 0.15) is 31.3 Å². The number of nitrogens with zero attached hydrogens (tertiary/aromatic N) is 3. The van der Waals surface area contributed by atoms with E-state index in [1.807, 2.05) is 31.2 Å². The van der Waals surface area contributed by atoms with Gasteiger partial charge in [-0.3, -0.25) is 0 Å². The molecule has 5 heteroatoms. The summed E-state index contributed by atoms with van der Waals surface area (Å²) in [6, 6.07) is 7.42. The second kappa shape index (κ2) is 5.64. The van der Waals surface area contributed by atoms with Crippen molar-refractivity contribution in [1.29, 1.82) is 0 Å². The lowest BCUT2D eigenvalue weighted by molar-refractivity contribution is 0.198. The van der Waals surface area contributed by atoms with Gasteiger partial charge >= 0.3 is 0 Å². The van der Waals surface area contributed by atoms with Crippen LogP contribution in [0.3, 0.4) is 0 Å². The van der Waals surface area contributed by atoms with E-state index >= 15 is 0 Å². The van der Waals surface area contributed by atoms with Crippen molar-refractivity contribution in [2.45, 2.75) is 33.1 Å². The standard InChI is InChI=1S/C13H17N3O2/c1-3-16-13(14-9-15-16)8-18-12-6-4-5-11(7-12)10(2)17/h4-7,9-10,17H,3,8H2,1-2H3. The third kappa shape index (κ3) is 2.87. The van der Waals surface area contributed by atoms with E-state index in [0.717, 1.165) is 23.7 Å². The maximum Gasteiger partial charge on any atom is 0.164 e. The average molecular weight is 247 g/mol. The summed E-state index contributed by atoms with van der Waals surface area (Å²) in [5.41, 5.74) is 0.837. The van der Waals surface area contributed by atoms with Crippen LogP contribution in [0.15, 0.2) is 30.6 Å². The van der Waals surface area contributed by atoms with E-state index in [0.29, 0.717) is 6.61 Å². The first-order valence-electron chi connectivity index (χ1n) is 5.98. The summed E-state index contributed by atoms with van der Waals surface area (Å²) >= 11 is 0. The molecule has 0 radical (unpaired) electrons. The summed E-state index contributed by atoms with van der Waals surface area (Å²) in [5, 5.41) is 13.6. The molecule has 1 unspecified atom stereocenters. The number of benzene rings is 1. The molecule has 0 bridgehead atoms. The van der Waals surface area contributed by atoms with Crippen LogP contribution in [-0.4, -0.2) is 19.9 Å². The lowest BCUT2D eigenvalue weighted by atomic mass is 10.1. The van der Waals surface area contributed by atoms with Gasteiger partial charge in [0.1, 0.15) is 18.7 Å². The van der Waals surface area contributed by atoms with Gasteiger partial charge in [0.25, 0.3) is 0 Å². The van der Waals surface area contributed by atoms with Gasteiger partial charge in [0.05, 0.1) is 6.10 Å². The van der Waals surface area contributed by atoms with Gasteiger partial charge in [-0.1, -0.05) is 12.1 Å². The largest absolute Gasteiger partial charge is 0.486 e. The number of ether oxygens (including phenoxy) is 1. The SMILES string of the molecule is CCn1ncnc1COc1cccc(C(C)O)c1. The number of hydrogen-bond donors (Lipinski definition) is 1. The molecule has 2 rings (SSSR count). The zero-order chi connectivity index (χ0) is 13.0. The Morgan fingerprint density at radius 2 is 2.28 bits per heavy atom. The topological polar surface area (TPSA) is 60.2 Å². The number of hydrogen-bond acceptors (Lipinski definition) is 4. The van der Waals surface area contributed by atoms with Crippen molar-refractivity contribution in [1.82, 2.24) is 14.8 Å². The van der Waals surface area contributed by atoms with Crippen molar-refractivity contribution < 1.29 is 9.84 Å². The maximum absolute atomic E-state index is 9.50. The van der Waals surface area contributed by atoms with Crippen LogP contribution < -0.4 is 4.74 Å². The molecule has 18 heavy (non-hydrogen) atoms. The first-order valence-corrected chi connectivity index (χ1v) is 5.98. The van der Waals surface area contributed by atoms with Gasteiger partial charge in [-0.2, -0.15) is 5.10 Å². The van der Waals surface area contributed by atoms with Crippen molar-refractivity contribution >= 4 is 0 Å². The third-order valence-electron chi connectivity index (χ3n) is 2.70. The molecule has 5 nitrogen and oxygen atoms in total. The number of rotatable bonds is 5. The highest BCUT2D eigenvalue weighted by atomic mass is 16.5. The fourth-order valence-electron chi connectivity index (χ4n) is 1.68. The minimum atomic E-state index is -0.493. The molecule has 0 aliphatic heterocycles. The van der Waals surface area contributed by atoms with Crippen LogP contribution in [0.5, 0.6) is 5.75 Å². The zero-order valence-corrected chi connectivity index (χ0v) is 10.6. The van der Waals surface area contributed by atoms with E-state index in [1.54, 1.807) is 11.6 Å². The Hall–Kier alpha value is -1.88. The monoisotopic (exact) mass is 247 g/mol. The molecule has 0 amide bonds. The van der Waals surface area contributed by atoms with E-state index in [9.17, 15) is 5.11 Å². The minimum Gasteiger partial charge on any atom is -0.486 e. The number of aromatic nitrogens is 3. The molecule has 1 heterocycles. The van der Waals surface area contributed by atoms with Crippen molar-refractivity contribution in [3.8, 4) is 5.75 Å². The van der Waals surface area contributed by atoms with Gasteiger partial charge in [0.15, 0.2) is 5.82 Å². The smallest absolute Gasteiger partial charge is 0.164 e. The second-order valence-electron chi connectivity index (χ2n) is 4.03. The van der Waals surface area contributed by atoms with Crippen molar-refractivity contribution in [2.75, 3.05) is 0 Å². The predicted molar refractivity (Wildman–Crippen MR) is 67.1 cm³/mol. The molecule has 0 fully saturated rings. The Morgan fingerprint density at radius 1 is 1.44 bits per heavy atom. The van der Waals surface area contributed by atoms with E-state index in [1.165, 1.54) is 6.33 Å². The van der Waals surface area contributed by atoms with Gasteiger partial charge in [0.2, 0.25) is 0 Å². The number of aryl methyl sites for hydroxylation is 1. The van der Waals surface area contributed by atoms with Crippen molar-refractivity contribution in [3.63, 3.8) is 0 Å². The summed E-state index contributed by atoms with van der Waals surface area (Å²) in [7, 11) is 0. The minimum absolute atomic E-state index is 0.372. The lowest BCUT2D eigenvalue weighted by Crippen LogP contribution is -2.07. The number of aliphatic hydroxyl groups excluding tert-OH is 1. The summed E-state index contributed by atoms with van der Waals surface area (Å²) in [6.45, 7) is 4.88. The van der Waals surface area contributed by atoms with E-state index in [-0.39, 0.29) is 0 Å². The van der Waals surface area contributed by atoms with Gasteiger partial charge in [0, 0.05) is 6.54 Å². The van der Waals surface area contributed by atoms with Crippen molar-refractivity contribution in [3.05, 3.63) is 42.0 Å². The normalized spacial score (nSPS) is 12.4. The zero-order valence-electron chi connectivity index (χ0n) is 10.6. The molecule has 0 aliphatic rings. The van der Waals surface area contributed by atoms with Gasteiger partial charge in [-0.05, 0) is 31.5 Å². The highest BCUT2D eigenvalue weighted by Crippen LogP contribution is 2.19. The molecule has 0 spiro atoms. The molecule has 0 saturated heterocycles. The second-order valence-corrected chi connectivity index (χ2v) is 4.03. The van der Waals surface area contributed by atoms with E-state index in [2.05, 4.69) is 10.1 Å². The quantitative estimate of drug-likeness (QED) is 0.877. The molecule has 1 N–H and O–H groups in total. The Labute approximate surface area is 106 Å². The Morgan fingerprint density at radius 3 is 3.00 bits per heavy atom. The van der Waals surface area contributed by atoms with E-state index < -0.39 is 6.10 Å². The summed E-state index contributed by atoms with van der Waals surface area (Å²) < 4.78 is 7.44. The molecule has 0 saturated carbocycles. The Bertz CT molecular complexity index is 508. The fraction of sp³-hybridized carbons (Fsp3) is 0.385. The van der Waals surface area contributed by atoms with Gasteiger partial charge in [-0.15, -0.1) is 0 Å². The van der Waals surface area contributed by atoms with Crippen LogP contribution in [0.2, 0.25) is 0 Å². The number of aliphatic hydroxyl groups is 1. The molecule has 1 aromatic heterocycles. The van der Waals surface area contributed by atoms with Crippen LogP contribution in [-0.2, 0) is 13.2 Å². The fourth-order valence-corrected chi connectivity index (χ4v) is 1.68. The Kier molecular flexibility index (Phi) is 3.94. The lowest BCUT2D eigenvalue weighted by Gasteiger charge is -2.09. The summed E-state index contributed by atoms with van der Waals surface area (Å²) in [6.07, 6.45) is 1.03. The molecular weight excluding hydrogens is 230 g/mol. The first kappa shape index (κ1) is 12.6. The first-order chi connectivity index (χ1) is 8.70. The molecule has 1 aromatic carbocycles. The highest BCUT2D eigenvalue weighted by molar-refractivity contribution is 5.29. The highest BCUT2D eigenvalue weighted by Gasteiger charge is 2.05.